The van der Waals surface area contributed by atoms with Gasteiger partial charge in [0.2, 0.25) is 10.0 Å². The average molecular weight is 469 g/mol. The fraction of sp³-hybridized carbons (Fsp3) is 0.696. The molecule has 0 unspecified atom stereocenters. The van der Waals surface area contributed by atoms with E-state index in [1.54, 1.807) is 33.5 Å². The van der Waals surface area contributed by atoms with Crippen LogP contribution < -0.4 is 11.5 Å². The van der Waals surface area contributed by atoms with E-state index in [0.29, 0.717) is 37.8 Å². The zero-order chi connectivity index (χ0) is 24.1. The first-order chi connectivity index (χ1) is 14.8. The molecular formula is C23H40N4O4S. The fourth-order valence-corrected chi connectivity index (χ4v) is 5.64. The second-order valence-electron chi connectivity index (χ2n) is 10.0. The van der Waals surface area contributed by atoms with Crippen molar-refractivity contribution in [3.8, 4) is 0 Å². The predicted octanol–water partition coefficient (Wildman–Crippen LogP) is 3.28. The molecule has 2 rings (SSSR count). The highest BCUT2D eigenvalue weighted by Gasteiger charge is 2.44. The van der Waals surface area contributed by atoms with E-state index in [1.165, 1.54) is 0 Å². The van der Waals surface area contributed by atoms with Crippen LogP contribution in [0, 0.1) is 11.8 Å². The Bertz CT molecular complexity index is 850. The zero-order valence-corrected chi connectivity index (χ0v) is 20.9. The van der Waals surface area contributed by atoms with Crippen molar-refractivity contribution in [1.82, 2.24) is 9.21 Å². The molecule has 1 aromatic rings. The van der Waals surface area contributed by atoms with E-state index < -0.39 is 21.7 Å². The minimum absolute atomic E-state index is 0.0122. The molecule has 1 saturated heterocycles. The molecular weight excluding hydrogens is 428 g/mol. The van der Waals surface area contributed by atoms with Crippen LogP contribution in [-0.4, -0.2) is 61.5 Å². The monoisotopic (exact) mass is 468 g/mol. The summed E-state index contributed by atoms with van der Waals surface area (Å²) in [5.74, 6) is 0.326. The molecule has 0 aromatic heterocycles. The maximum absolute atomic E-state index is 13.7. The summed E-state index contributed by atoms with van der Waals surface area (Å²) < 4.78 is 34.5. The molecule has 0 saturated carbocycles. The third kappa shape index (κ3) is 7.08. The number of likely N-dealkylation sites (tertiary alicyclic amines) is 1. The van der Waals surface area contributed by atoms with Crippen molar-refractivity contribution in [2.45, 2.75) is 70.4 Å². The molecule has 1 amide bonds. The van der Waals surface area contributed by atoms with E-state index in [1.807, 2.05) is 20.8 Å². The number of nitrogens with two attached hydrogens (primary N) is 2. The van der Waals surface area contributed by atoms with Crippen molar-refractivity contribution in [3.63, 3.8) is 0 Å². The molecule has 4 N–H and O–H groups in total. The smallest absolute Gasteiger partial charge is 0.410 e. The molecule has 1 aliphatic rings. The molecule has 1 aromatic carbocycles. The molecule has 1 heterocycles. The highest BCUT2D eigenvalue weighted by molar-refractivity contribution is 7.89. The summed E-state index contributed by atoms with van der Waals surface area (Å²) in [7, 11) is -3.77. The molecule has 0 radical (unpaired) electrons. The van der Waals surface area contributed by atoms with E-state index in [-0.39, 0.29) is 16.9 Å². The molecule has 1 aliphatic heterocycles. The summed E-state index contributed by atoms with van der Waals surface area (Å²) in [4.78, 5) is 14.6. The van der Waals surface area contributed by atoms with Gasteiger partial charge >= 0.3 is 6.09 Å². The van der Waals surface area contributed by atoms with Gasteiger partial charge in [-0.15, -0.1) is 0 Å². The maximum atomic E-state index is 13.7. The quantitative estimate of drug-likeness (QED) is 0.537. The first-order valence-corrected chi connectivity index (χ1v) is 12.8. The normalized spacial score (nSPS) is 19.7. The topological polar surface area (TPSA) is 119 Å². The number of anilines is 1. The van der Waals surface area contributed by atoms with Crippen molar-refractivity contribution in [2.24, 2.45) is 17.6 Å². The summed E-state index contributed by atoms with van der Waals surface area (Å²) in [5.41, 5.74) is 11.4. The SMILES string of the molecule is CC(C)CCN([C@@H]1CN(C(=O)OC(C)(C)C)C[C@H]1CCCN)S(=O)(=O)c1ccc(N)cc1. The predicted molar refractivity (Wildman–Crippen MR) is 128 cm³/mol. The standard InChI is InChI=1S/C23H40N4O4S/c1-17(2)12-14-27(32(29,30)20-10-8-19(25)9-11-20)21-16-26(15-18(21)7-6-13-24)22(28)31-23(3,4)5/h8-11,17-18,21H,6-7,12-16,24-25H2,1-5H3/t18-,21-/m1/s1. The van der Waals surface area contributed by atoms with Crippen LogP contribution in [0.15, 0.2) is 29.2 Å². The van der Waals surface area contributed by atoms with Gasteiger partial charge in [-0.2, -0.15) is 4.31 Å². The molecule has 8 nitrogen and oxygen atoms in total. The molecule has 0 spiro atoms. The molecule has 0 aliphatic carbocycles. The van der Waals surface area contributed by atoms with Crippen LogP contribution in [0.3, 0.4) is 0 Å². The van der Waals surface area contributed by atoms with Gasteiger partial charge in [-0.3, -0.25) is 0 Å². The van der Waals surface area contributed by atoms with Crippen LogP contribution in [0.2, 0.25) is 0 Å². The number of nitrogen functional groups attached to an aromatic ring is 1. The Morgan fingerprint density at radius 2 is 1.84 bits per heavy atom. The minimum atomic E-state index is -3.77. The van der Waals surface area contributed by atoms with Crippen LogP contribution in [0.4, 0.5) is 10.5 Å². The zero-order valence-electron chi connectivity index (χ0n) is 20.1. The first-order valence-electron chi connectivity index (χ1n) is 11.4. The number of carbonyl (C=O) groups excluding carboxylic acids is 1. The van der Waals surface area contributed by atoms with E-state index in [0.717, 1.165) is 19.3 Å². The van der Waals surface area contributed by atoms with Gasteiger partial charge in [0.1, 0.15) is 5.60 Å². The molecule has 2 atom stereocenters. The lowest BCUT2D eigenvalue weighted by Crippen LogP contribution is -2.46. The number of ether oxygens (including phenoxy) is 1. The van der Waals surface area contributed by atoms with Crippen LogP contribution in [0.1, 0.15) is 53.9 Å². The largest absolute Gasteiger partial charge is 0.444 e. The van der Waals surface area contributed by atoms with Gasteiger partial charge in [0.05, 0.1) is 4.90 Å². The van der Waals surface area contributed by atoms with Crippen LogP contribution in [-0.2, 0) is 14.8 Å². The van der Waals surface area contributed by atoms with Gasteiger partial charge in [0, 0.05) is 31.4 Å². The second kappa shape index (κ2) is 10.9. The summed E-state index contributed by atoms with van der Waals surface area (Å²) in [5, 5.41) is 0. The van der Waals surface area contributed by atoms with Crippen LogP contribution >= 0.6 is 0 Å². The third-order valence-electron chi connectivity index (χ3n) is 5.62. The number of nitrogens with zero attached hydrogens (tertiary/aromatic N) is 2. The Labute approximate surface area is 193 Å². The highest BCUT2D eigenvalue weighted by Crippen LogP contribution is 2.32. The van der Waals surface area contributed by atoms with Gasteiger partial charge in [-0.05, 0) is 82.7 Å². The lowest BCUT2D eigenvalue weighted by Gasteiger charge is -2.32. The maximum Gasteiger partial charge on any atom is 0.410 e. The molecule has 32 heavy (non-hydrogen) atoms. The van der Waals surface area contributed by atoms with Crippen molar-refractivity contribution >= 4 is 21.8 Å². The Morgan fingerprint density at radius 3 is 2.38 bits per heavy atom. The van der Waals surface area contributed by atoms with Crippen LogP contribution in [0.5, 0.6) is 0 Å². The molecule has 182 valence electrons. The van der Waals surface area contributed by atoms with Gasteiger partial charge in [-0.25, -0.2) is 13.2 Å². The van der Waals surface area contributed by atoms with Gasteiger partial charge in [0.25, 0.3) is 0 Å². The third-order valence-corrected chi connectivity index (χ3v) is 7.56. The van der Waals surface area contributed by atoms with Gasteiger partial charge in [-0.1, -0.05) is 13.8 Å². The number of carbonyl (C=O) groups is 1. The van der Waals surface area contributed by atoms with E-state index in [2.05, 4.69) is 13.8 Å². The molecule has 1 fully saturated rings. The Morgan fingerprint density at radius 1 is 1.22 bits per heavy atom. The number of amides is 1. The number of sulfonamides is 1. The van der Waals surface area contributed by atoms with Crippen molar-refractivity contribution in [3.05, 3.63) is 24.3 Å². The Hall–Kier alpha value is -1.84. The summed E-state index contributed by atoms with van der Waals surface area (Å²) in [6.07, 6.45) is 1.83. The van der Waals surface area contributed by atoms with Crippen molar-refractivity contribution in [2.75, 3.05) is 31.9 Å². The molecule has 0 bridgehead atoms. The van der Waals surface area contributed by atoms with E-state index in [9.17, 15) is 13.2 Å². The highest BCUT2D eigenvalue weighted by atomic mass is 32.2. The minimum Gasteiger partial charge on any atom is -0.444 e. The number of benzene rings is 1. The van der Waals surface area contributed by atoms with Crippen molar-refractivity contribution < 1.29 is 17.9 Å². The van der Waals surface area contributed by atoms with E-state index >= 15 is 0 Å². The summed E-state index contributed by atoms with van der Waals surface area (Å²) >= 11 is 0. The lowest BCUT2D eigenvalue weighted by atomic mass is 9.97. The Balaban J connectivity index is 2.39. The van der Waals surface area contributed by atoms with Crippen LogP contribution in [0.25, 0.3) is 0 Å². The summed E-state index contributed by atoms with van der Waals surface area (Å²) in [6.45, 7) is 11.3. The molecule has 9 heteroatoms. The van der Waals surface area contributed by atoms with Gasteiger partial charge in [0.15, 0.2) is 0 Å². The first kappa shape index (κ1) is 26.4. The average Bonchev–Trinajstić information content (AvgIpc) is 3.09. The second-order valence-corrected chi connectivity index (χ2v) is 11.9. The Kier molecular flexibility index (Phi) is 8.96. The summed E-state index contributed by atoms with van der Waals surface area (Å²) in [6, 6.07) is 5.95. The number of hydrogen-bond acceptors (Lipinski definition) is 6. The number of hydrogen-bond donors (Lipinski definition) is 2. The van der Waals surface area contributed by atoms with E-state index in [4.69, 9.17) is 16.2 Å². The van der Waals surface area contributed by atoms with Crippen molar-refractivity contribution in [1.29, 1.82) is 0 Å². The number of rotatable bonds is 9. The lowest BCUT2D eigenvalue weighted by molar-refractivity contribution is 0.0282. The fourth-order valence-electron chi connectivity index (χ4n) is 3.94. The van der Waals surface area contributed by atoms with Gasteiger partial charge < -0.3 is 21.1 Å².